The van der Waals surface area contributed by atoms with Gasteiger partial charge in [0.15, 0.2) is 0 Å². The van der Waals surface area contributed by atoms with Gasteiger partial charge in [-0.05, 0) is 6.42 Å². The standard InChI is InChI=1S/C12H27NO4/c1-3-4-8-17-11-12(15)10-13(5-7-14)6-9-16-2/h12,14-15H,3-11H2,1-2H3. The van der Waals surface area contributed by atoms with E-state index in [1.165, 1.54) is 0 Å². The molecular formula is C12H27NO4. The summed E-state index contributed by atoms with van der Waals surface area (Å²) >= 11 is 0. The Morgan fingerprint density at radius 3 is 2.59 bits per heavy atom. The van der Waals surface area contributed by atoms with Crippen LogP contribution in [0, 0.1) is 0 Å². The van der Waals surface area contributed by atoms with Gasteiger partial charge in [-0.15, -0.1) is 0 Å². The number of aliphatic hydroxyl groups is 2. The number of hydrogen-bond acceptors (Lipinski definition) is 5. The number of methoxy groups -OCH3 is 1. The number of hydrogen-bond donors (Lipinski definition) is 2. The summed E-state index contributed by atoms with van der Waals surface area (Å²) in [5.74, 6) is 0. The van der Waals surface area contributed by atoms with Crippen LogP contribution in [0.3, 0.4) is 0 Å². The summed E-state index contributed by atoms with van der Waals surface area (Å²) in [5, 5.41) is 18.7. The monoisotopic (exact) mass is 249 g/mol. The zero-order valence-electron chi connectivity index (χ0n) is 11.1. The molecule has 5 heteroatoms. The molecule has 0 amide bonds. The fraction of sp³-hybridized carbons (Fsp3) is 1.00. The molecule has 0 aromatic carbocycles. The smallest absolute Gasteiger partial charge is 0.0900 e. The molecule has 2 N–H and O–H groups in total. The molecule has 0 bridgehead atoms. The normalized spacial score (nSPS) is 13.2. The summed E-state index contributed by atoms with van der Waals surface area (Å²) in [4.78, 5) is 1.97. The summed E-state index contributed by atoms with van der Waals surface area (Å²) < 4.78 is 10.3. The van der Waals surface area contributed by atoms with Crippen LogP contribution in [0.25, 0.3) is 0 Å². The Morgan fingerprint density at radius 1 is 1.24 bits per heavy atom. The summed E-state index contributed by atoms with van der Waals surface area (Å²) in [5.41, 5.74) is 0. The van der Waals surface area contributed by atoms with Crippen LogP contribution >= 0.6 is 0 Å². The van der Waals surface area contributed by atoms with E-state index in [-0.39, 0.29) is 6.61 Å². The molecule has 104 valence electrons. The molecule has 0 aliphatic carbocycles. The molecule has 0 aromatic heterocycles. The summed E-state index contributed by atoms with van der Waals surface area (Å²) in [6.45, 7) is 5.62. The van der Waals surface area contributed by atoms with Crippen molar-refractivity contribution in [3.8, 4) is 0 Å². The number of rotatable bonds is 12. The molecule has 0 aliphatic heterocycles. The maximum atomic E-state index is 9.76. The van der Waals surface area contributed by atoms with E-state index in [0.29, 0.717) is 39.5 Å². The van der Waals surface area contributed by atoms with Crippen molar-refractivity contribution in [3.63, 3.8) is 0 Å². The average Bonchev–Trinajstić information content (AvgIpc) is 2.32. The van der Waals surface area contributed by atoms with Crippen LogP contribution in [-0.4, -0.2) is 74.4 Å². The second-order valence-corrected chi connectivity index (χ2v) is 4.10. The molecule has 17 heavy (non-hydrogen) atoms. The van der Waals surface area contributed by atoms with Crippen LogP contribution in [0.2, 0.25) is 0 Å². The van der Waals surface area contributed by atoms with E-state index in [2.05, 4.69) is 6.92 Å². The lowest BCUT2D eigenvalue weighted by atomic mass is 10.3. The highest BCUT2D eigenvalue weighted by molar-refractivity contribution is 4.64. The van der Waals surface area contributed by atoms with Crippen LogP contribution in [0.5, 0.6) is 0 Å². The van der Waals surface area contributed by atoms with E-state index >= 15 is 0 Å². The van der Waals surface area contributed by atoms with Gasteiger partial charge in [-0.1, -0.05) is 13.3 Å². The third-order valence-electron chi connectivity index (χ3n) is 2.45. The third kappa shape index (κ3) is 10.7. The van der Waals surface area contributed by atoms with Gasteiger partial charge in [-0.25, -0.2) is 0 Å². The predicted molar refractivity (Wildman–Crippen MR) is 67.1 cm³/mol. The molecule has 0 fully saturated rings. The molecule has 0 spiro atoms. The molecule has 0 radical (unpaired) electrons. The van der Waals surface area contributed by atoms with E-state index < -0.39 is 6.10 Å². The topological polar surface area (TPSA) is 62.2 Å². The molecule has 0 saturated heterocycles. The maximum absolute atomic E-state index is 9.76. The van der Waals surface area contributed by atoms with Crippen molar-refractivity contribution in [1.82, 2.24) is 4.90 Å². The Morgan fingerprint density at radius 2 is 2.00 bits per heavy atom. The van der Waals surface area contributed by atoms with Gasteiger partial charge >= 0.3 is 0 Å². The molecule has 0 saturated carbocycles. The van der Waals surface area contributed by atoms with Crippen LogP contribution in [0.4, 0.5) is 0 Å². The SMILES string of the molecule is CCCCOCC(O)CN(CCO)CCOC. The molecule has 5 nitrogen and oxygen atoms in total. The fourth-order valence-corrected chi connectivity index (χ4v) is 1.47. The number of ether oxygens (including phenoxy) is 2. The maximum Gasteiger partial charge on any atom is 0.0900 e. The molecule has 1 atom stereocenters. The number of aliphatic hydroxyl groups excluding tert-OH is 2. The number of nitrogens with zero attached hydrogens (tertiary/aromatic N) is 1. The van der Waals surface area contributed by atoms with Crippen molar-refractivity contribution in [2.24, 2.45) is 0 Å². The molecule has 1 unspecified atom stereocenters. The first-order valence-corrected chi connectivity index (χ1v) is 6.32. The Labute approximate surface area is 104 Å². The minimum absolute atomic E-state index is 0.0904. The van der Waals surface area contributed by atoms with Crippen molar-refractivity contribution < 1.29 is 19.7 Å². The van der Waals surface area contributed by atoms with Crippen LogP contribution in [0.15, 0.2) is 0 Å². The quantitative estimate of drug-likeness (QED) is 0.481. The first kappa shape index (κ1) is 16.8. The highest BCUT2D eigenvalue weighted by Gasteiger charge is 2.11. The minimum Gasteiger partial charge on any atom is -0.395 e. The molecule has 0 rings (SSSR count). The predicted octanol–water partition coefficient (Wildman–Crippen LogP) is 0.105. The molecule has 0 heterocycles. The summed E-state index contributed by atoms with van der Waals surface area (Å²) in [6, 6.07) is 0. The van der Waals surface area contributed by atoms with E-state index in [4.69, 9.17) is 14.6 Å². The Hall–Kier alpha value is -0.200. The van der Waals surface area contributed by atoms with E-state index in [0.717, 1.165) is 12.8 Å². The van der Waals surface area contributed by atoms with Crippen molar-refractivity contribution in [3.05, 3.63) is 0 Å². The van der Waals surface area contributed by atoms with E-state index in [1.807, 2.05) is 4.90 Å². The van der Waals surface area contributed by atoms with Crippen molar-refractivity contribution in [2.75, 3.05) is 53.2 Å². The molecule has 0 aromatic rings. The van der Waals surface area contributed by atoms with Gasteiger partial charge in [-0.3, -0.25) is 4.90 Å². The lowest BCUT2D eigenvalue weighted by molar-refractivity contribution is 0.00905. The van der Waals surface area contributed by atoms with E-state index in [1.54, 1.807) is 7.11 Å². The molecule has 0 aliphatic rings. The Kier molecular flexibility index (Phi) is 12.1. The zero-order valence-corrected chi connectivity index (χ0v) is 11.1. The first-order chi connectivity index (χ1) is 8.24. The van der Waals surface area contributed by atoms with Gasteiger partial charge in [0.25, 0.3) is 0 Å². The van der Waals surface area contributed by atoms with Gasteiger partial charge in [0.2, 0.25) is 0 Å². The number of unbranched alkanes of at least 4 members (excludes halogenated alkanes) is 1. The highest BCUT2D eigenvalue weighted by atomic mass is 16.5. The zero-order chi connectivity index (χ0) is 12.9. The highest BCUT2D eigenvalue weighted by Crippen LogP contribution is 1.96. The lowest BCUT2D eigenvalue weighted by Crippen LogP contribution is -2.38. The van der Waals surface area contributed by atoms with Crippen LogP contribution < -0.4 is 0 Å². The van der Waals surface area contributed by atoms with E-state index in [9.17, 15) is 5.11 Å². The van der Waals surface area contributed by atoms with Crippen LogP contribution in [0.1, 0.15) is 19.8 Å². The van der Waals surface area contributed by atoms with Crippen molar-refractivity contribution in [2.45, 2.75) is 25.9 Å². The fourth-order valence-electron chi connectivity index (χ4n) is 1.47. The second-order valence-electron chi connectivity index (χ2n) is 4.10. The van der Waals surface area contributed by atoms with Crippen molar-refractivity contribution >= 4 is 0 Å². The van der Waals surface area contributed by atoms with Gasteiger partial charge in [-0.2, -0.15) is 0 Å². The minimum atomic E-state index is -0.504. The van der Waals surface area contributed by atoms with Gasteiger partial charge in [0.1, 0.15) is 0 Å². The Bertz CT molecular complexity index is 157. The lowest BCUT2D eigenvalue weighted by Gasteiger charge is -2.23. The summed E-state index contributed by atoms with van der Waals surface area (Å²) in [6.07, 6.45) is 1.62. The van der Waals surface area contributed by atoms with Gasteiger partial charge < -0.3 is 19.7 Å². The second kappa shape index (κ2) is 12.3. The third-order valence-corrected chi connectivity index (χ3v) is 2.45. The first-order valence-electron chi connectivity index (χ1n) is 6.32. The van der Waals surface area contributed by atoms with Crippen LogP contribution in [-0.2, 0) is 9.47 Å². The largest absolute Gasteiger partial charge is 0.395 e. The van der Waals surface area contributed by atoms with Gasteiger partial charge in [0, 0.05) is 33.4 Å². The molecular weight excluding hydrogens is 222 g/mol. The summed E-state index contributed by atoms with van der Waals surface area (Å²) in [7, 11) is 1.64. The average molecular weight is 249 g/mol. The Balaban J connectivity index is 3.66. The van der Waals surface area contributed by atoms with Gasteiger partial charge in [0.05, 0.1) is 25.9 Å². The van der Waals surface area contributed by atoms with Crippen molar-refractivity contribution in [1.29, 1.82) is 0 Å².